The molecule has 0 saturated heterocycles. The van der Waals surface area contributed by atoms with Gasteiger partial charge in [0.15, 0.2) is 5.13 Å². The second kappa shape index (κ2) is 4.64. The monoisotopic (exact) mass is 206 g/mol. The van der Waals surface area contributed by atoms with Gasteiger partial charge in [-0.3, -0.25) is 0 Å². The van der Waals surface area contributed by atoms with E-state index >= 15 is 0 Å². The van der Waals surface area contributed by atoms with Crippen LogP contribution < -0.4 is 4.90 Å². The average Bonchev–Trinajstić information content (AvgIpc) is 2.52. The third-order valence-corrected chi connectivity index (χ3v) is 2.72. The molecule has 3 nitrogen and oxygen atoms in total. The van der Waals surface area contributed by atoms with Crippen molar-refractivity contribution in [1.29, 1.82) is 0 Å². The van der Waals surface area contributed by atoms with E-state index in [2.05, 4.69) is 4.98 Å². The quantitative estimate of drug-likeness (QED) is 0.755. The van der Waals surface area contributed by atoms with E-state index in [0.717, 1.165) is 10.8 Å². The van der Waals surface area contributed by atoms with Crippen LogP contribution in [0.5, 0.6) is 0 Å². The summed E-state index contributed by atoms with van der Waals surface area (Å²) < 4.78 is 0. The lowest BCUT2D eigenvalue weighted by Crippen LogP contribution is -2.20. The molecule has 0 aliphatic rings. The summed E-state index contributed by atoms with van der Waals surface area (Å²) in [6, 6.07) is 0. The second-order valence-electron chi connectivity index (χ2n) is 2.40. The molecule has 0 saturated carbocycles. The molecule has 0 fully saturated rings. The van der Waals surface area contributed by atoms with Gasteiger partial charge in [0, 0.05) is 19.0 Å². The molecule has 1 aromatic heterocycles. The van der Waals surface area contributed by atoms with E-state index in [1.54, 1.807) is 11.3 Å². The van der Waals surface area contributed by atoms with Gasteiger partial charge in [-0.15, -0.1) is 22.9 Å². The number of aliphatic hydroxyl groups is 1. The Hall–Kier alpha value is -0.320. The minimum Gasteiger partial charge on any atom is -0.395 e. The molecule has 0 bridgehead atoms. The molecule has 0 unspecified atom stereocenters. The topological polar surface area (TPSA) is 36.4 Å². The van der Waals surface area contributed by atoms with Crippen LogP contribution >= 0.6 is 22.9 Å². The highest BCUT2D eigenvalue weighted by molar-refractivity contribution is 7.13. The molecule has 1 heterocycles. The van der Waals surface area contributed by atoms with Crippen LogP contribution in [0.3, 0.4) is 0 Å². The normalized spacial score (nSPS) is 10.2. The van der Waals surface area contributed by atoms with Gasteiger partial charge in [-0.05, 0) is 0 Å². The van der Waals surface area contributed by atoms with Crippen LogP contribution in [-0.4, -0.2) is 30.3 Å². The molecule has 0 spiro atoms. The van der Waals surface area contributed by atoms with E-state index in [9.17, 15) is 0 Å². The van der Waals surface area contributed by atoms with Crippen molar-refractivity contribution < 1.29 is 5.11 Å². The number of alkyl halides is 1. The molecule has 0 amide bonds. The van der Waals surface area contributed by atoms with Crippen LogP contribution in [0.1, 0.15) is 5.69 Å². The number of nitrogens with zero attached hydrogens (tertiary/aromatic N) is 2. The van der Waals surface area contributed by atoms with Crippen molar-refractivity contribution >= 4 is 28.1 Å². The third-order valence-electron chi connectivity index (χ3n) is 1.44. The molecular formula is C7H11ClN2OS. The first-order valence-corrected chi connectivity index (χ1v) is 5.01. The lowest BCUT2D eigenvalue weighted by atomic mass is 10.6. The minimum absolute atomic E-state index is 0.145. The molecule has 1 N–H and O–H groups in total. The van der Waals surface area contributed by atoms with Gasteiger partial charge in [0.25, 0.3) is 0 Å². The van der Waals surface area contributed by atoms with Crippen LogP contribution in [0.15, 0.2) is 5.38 Å². The maximum absolute atomic E-state index is 8.67. The number of likely N-dealkylation sites (N-methyl/N-ethyl adjacent to an activating group) is 1. The summed E-state index contributed by atoms with van der Waals surface area (Å²) in [5, 5.41) is 11.5. The zero-order valence-corrected chi connectivity index (χ0v) is 8.40. The first-order chi connectivity index (χ1) is 5.77. The SMILES string of the molecule is CN(CCO)c1nc(CCl)cs1. The Bertz CT molecular complexity index is 241. The number of hydrogen-bond acceptors (Lipinski definition) is 4. The minimum atomic E-state index is 0.145. The Balaban J connectivity index is 2.61. The summed E-state index contributed by atoms with van der Waals surface area (Å²) in [5.41, 5.74) is 0.890. The molecule has 0 aliphatic heterocycles. The first kappa shape index (κ1) is 9.77. The number of rotatable bonds is 4. The summed E-state index contributed by atoms with van der Waals surface area (Å²) in [7, 11) is 1.90. The van der Waals surface area contributed by atoms with Crippen LogP contribution in [0.25, 0.3) is 0 Å². The van der Waals surface area contributed by atoms with Crippen molar-refractivity contribution in [3.05, 3.63) is 11.1 Å². The third kappa shape index (κ3) is 2.33. The van der Waals surface area contributed by atoms with E-state index in [1.807, 2.05) is 17.3 Å². The second-order valence-corrected chi connectivity index (χ2v) is 3.50. The van der Waals surface area contributed by atoms with Gasteiger partial charge >= 0.3 is 0 Å². The van der Waals surface area contributed by atoms with Gasteiger partial charge in [0.1, 0.15) is 0 Å². The van der Waals surface area contributed by atoms with Crippen molar-refractivity contribution in [3.8, 4) is 0 Å². The summed E-state index contributed by atoms with van der Waals surface area (Å²) in [5.74, 6) is 0.448. The summed E-state index contributed by atoms with van der Waals surface area (Å²) in [4.78, 5) is 6.15. The van der Waals surface area contributed by atoms with Crippen LogP contribution in [0, 0.1) is 0 Å². The van der Waals surface area contributed by atoms with Crippen LogP contribution in [0.4, 0.5) is 5.13 Å². The Morgan fingerprint density at radius 1 is 1.75 bits per heavy atom. The number of anilines is 1. The van der Waals surface area contributed by atoms with Crippen LogP contribution in [0.2, 0.25) is 0 Å². The van der Waals surface area contributed by atoms with Crippen LogP contribution in [-0.2, 0) is 5.88 Å². The van der Waals surface area contributed by atoms with E-state index in [-0.39, 0.29) is 6.61 Å². The Kier molecular flexibility index (Phi) is 3.78. The first-order valence-electron chi connectivity index (χ1n) is 3.60. The van der Waals surface area contributed by atoms with Crippen molar-refractivity contribution in [3.63, 3.8) is 0 Å². The fourth-order valence-electron chi connectivity index (χ4n) is 0.779. The number of halogens is 1. The Morgan fingerprint density at radius 2 is 2.50 bits per heavy atom. The predicted octanol–water partition coefficient (Wildman–Crippen LogP) is 1.31. The standard InChI is InChI=1S/C7H11ClN2OS/c1-10(2-3-11)7-9-6(4-8)5-12-7/h5,11H,2-4H2,1H3. The number of hydrogen-bond donors (Lipinski definition) is 1. The summed E-state index contributed by atoms with van der Waals surface area (Å²) >= 11 is 7.14. The molecule has 0 aromatic carbocycles. The lowest BCUT2D eigenvalue weighted by molar-refractivity contribution is 0.304. The Morgan fingerprint density at radius 3 is 3.00 bits per heavy atom. The van der Waals surface area contributed by atoms with Crippen molar-refractivity contribution in [2.24, 2.45) is 0 Å². The zero-order valence-electron chi connectivity index (χ0n) is 6.83. The summed E-state index contributed by atoms with van der Waals surface area (Å²) in [6.45, 7) is 0.752. The predicted molar refractivity (Wildman–Crippen MR) is 52.0 cm³/mol. The number of aliphatic hydroxyl groups excluding tert-OH is 1. The highest BCUT2D eigenvalue weighted by Crippen LogP contribution is 2.19. The Labute approximate surface area is 80.6 Å². The van der Waals surface area contributed by atoms with Gasteiger partial charge in [0.05, 0.1) is 18.2 Å². The highest BCUT2D eigenvalue weighted by atomic mass is 35.5. The zero-order chi connectivity index (χ0) is 8.97. The fourth-order valence-corrected chi connectivity index (χ4v) is 1.83. The van der Waals surface area contributed by atoms with E-state index in [0.29, 0.717) is 12.4 Å². The smallest absolute Gasteiger partial charge is 0.185 e. The van der Waals surface area contributed by atoms with Gasteiger partial charge in [0.2, 0.25) is 0 Å². The highest BCUT2D eigenvalue weighted by Gasteiger charge is 2.04. The molecule has 68 valence electrons. The average molecular weight is 207 g/mol. The van der Waals surface area contributed by atoms with E-state index < -0.39 is 0 Å². The fraction of sp³-hybridized carbons (Fsp3) is 0.571. The molecular weight excluding hydrogens is 196 g/mol. The van der Waals surface area contributed by atoms with Gasteiger partial charge in [-0.1, -0.05) is 0 Å². The van der Waals surface area contributed by atoms with Crippen molar-refractivity contribution in [2.45, 2.75) is 5.88 Å². The molecule has 5 heteroatoms. The van der Waals surface area contributed by atoms with E-state index in [4.69, 9.17) is 16.7 Å². The molecule has 0 atom stereocenters. The summed E-state index contributed by atoms with van der Waals surface area (Å²) in [6.07, 6.45) is 0. The molecule has 0 radical (unpaired) electrons. The van der Waals surface area contributed by atoms with Gasteiger partial charge < -0.3 is 10.0 Å². The van der Waals surface area contributed by atoms with Gasteiger partial charge in [-0.25, -0.2) is 4.98 Å². The largest absolute Gasteiger partial charge is 0.395 e. The lowest BCUT2D eigenvalue weighted by Gasteiger charge is -2.12. The number of thiazole rings is 1. The van der Waals surface area contributed by atoms with Gasteiger partial charge in [-0.2, -0.15) is 0 Å². The van der Waals surface area contributed by atoms with Crippen molar-refractivity contribution in [1.82, 2.24) is 4.98 Å². The van der Waals surface area contributed by atoms with Crippen molar-refractivity contribution in [2.75, 3.05) is 25.1 Å². The van der Waals surface area contributed by atoms with E-state index in [1.165, 1.54) is 0 Å². The molecule has 1 aromatic rings. The maximum Gasteiger partial charge on any atom is 0.185 e. The maximum atomic E-state index is 8.67. The molecule has 0 aliphatic carbocycles. The number of aromatic nitrogens is 1. The molecule has 12 heavy (non-hydrogen) atoms. The molecule has 1 rings (SSSR count).